The summed E-state index contributed by atoms with van der Waals surface area (Å²) in [6.07, 6.45) is -2.65. The highest BCUT2D eigenvalue weighted by Crippen LogP contribution is 2.34. The van der Waals surface area contributed by atoms with Crippen LogP contribution in [0.3, 0.4) is 0 Å². The number of rotatable bonds is 9. The minimum absolute atomic E-state index is 0. The normalized spacial score (nSPS) is 11.3. The second-order valence-corrected chi connectivity index (χ2v) is 6.42. The van der Waals surface area contributed by atoms with Crippen LogP contribution in [-0.2, 0) is 12.6 Å². The number of amides is 1. The lowest BCUT2D eigenvalue weighted by Crippen LogP contribution is -2.39. The predicted molar refractivity (Wildman–Crippen MR) is 128 cm³/mol. The van der Waals surface area contributed by atoms with Crippen molar-refractivity contribution in [1.82, 2.24) is 20.9 Å². The maximum Gasteiger partial charge on any atom is 0.421 e. The Morgan fingerprint density at radius 1 is 1.19 bits per heavy atom. The molecule has 0 radical (unpaired) electrons. The predicted octanol–water partition coefficient (Wildman–Crippen LogP) is 3.25. The SMILES string of the molecule is CCNC(=NCCc1cccc(C(=O)NC)c1)NCCOc1ncccc1C(F)(F)F.I. The summed E-state index contributed by atoms with van der Waals surface area (Å²) in [5.74, 6) is -0.0812. The number of nitrogens with zero attached hydrogens (tertiary/aromatic N) is 2. The number of aliphatic imine (C=N–C) groups is 1. The van der Waals surface area contributed by atoms with Gasteiger partial charge in [-0.05, 0) is 43.2 Å². The smallest absolute Gasteiger partial charge is 0.421 e. The lowest BCUT2D eigenvalue weighted by Gasteiger charge is -2.14. The first-order chi connectivity index (χ1) is 14.8. The molecule has 11 heteroatoms. The van der Waals surface area contributed by atoms with Crippen LogP contribution >= 0.6 is 24.0 Å². The molecule has 1 aromatic heterocycles. The molecular formula is C21H27F3IN5O2. The molecule has 0 saturated carbocycles. The summed E-state index contributed by atoms with van der Waals surface area (Å²) >= 11 is 0. The summed E-state index contributed by atoms with van der Waals surface area (Å²) in [4.78, 5) is 19.8. The quantitative estimate of drug-likeness (QED) is 0.188. The number of aromatic nitrogens is 1. The van der Waals surface area contributed by atoms with Gasteiger partial charge in [-0.25, -0.2) is 4.98 Å². The highest BCUT2D eigenvalue weighted by Gasteiger charge is 2.34. The molecule has 0 saturated heterocycles. The number of alkyl halides is 3. The minimum atomic E-state index is -4.53. The molecule has 0 fully saturated rings. The van der Waals surface area contributed by atoms with Crippen molar-refractivity contribution in [3.63, 3.8) is 0 Å². The molecule has 0 spiro atoms. The number of benzene rings is 1. The zero-order valence-electron chi connectivity index (χ0n) is 17.8. The summed E-state index contributed by atoms with van der Waals surface area (Å²) in [6.45, 7) is 3.22. The van der Waals surface area contributed by atoms with Crippen molar-refractivity contribution >= 4 is 35.8 Å². The molecule has 0 atom stereocenters. The van der Waals surface area contributed by atoms with Gasteiger partial charge in [0.1, 0.15) is 12.2 Å². The number of ether oxygens (including phenoxy) is 1. The third-order valence-electron chi connectivity index (χ3n) is 4.14. The van der Waals surface area contributed by atoms with Crippen LogP contribution in [0.4, 0.5) is 13.2 Å². The topological polar surface area (TPSA) is 87.6 Å². The Bertz CT molecular complexity index is 894. The largest absolute Gasteiger partial charge is 0.475 e. The lowest BCUT2D eigenvalue weighted by molar-refractivity contribution is -0.139. The van der Waals surface area contributed by atoms with E-state index >= 15 is 0 Å². The van der Waals surface area contributed by atoms with E-state index in [2.05, 4.69) is 25.9 Å². The first-order valence-electron chi connectivity index (χ1n) is 9.83. The average molecular weight is 565 g/mol. The van der Waals surface area contributed by atoms with Gasteiger partial charge in [-0.2, -0.15) is 13.2 Å². The standard InChI is InChI=1S/C21H26F3N5O2.HI/c1-3-26-20(28-11-9-15-6-4-7-16(14-15)18(30)25-2)29-12-13-31-19-17(21(22,23)24)8-5-10-27-19;/h4-8,10,14H,3,9,11-13H2,1-2H3,(H,25,30)(H2,26,28,29);1H. The zero-order valence-corrected chi connectivity index (χ0v) is 20.2. The Morgan fingerprint density at radius 2 is 1.97 bits per heavy atom. The van der Waals surface area contributed by atoms with Crippen LogP contribution in [0.15, 0.2) is 47.6 Å². The number of hydrogen-bond donors (Lipinski definition) is 3. The highest BCUT2D eigenvalue weighted by atomic mass is 127. The van der Waals surface area contributed by atoms with Crippen molar-refractivity contribution in [3.8, 4) is 5.88 Å². The maximum atomic E-state index is 13.0. The Labute approximate surface area is 202 Å². The van der Waals surface area contributed by atoms with Crippen LogP contribution in [-0.4, -0.2) is 50.1 Å². The number of halogens is 4. The highest BCUT2D eigenvalue weighted by molar-refractivity contribution is 14.0. The van der Waals surface area contributed by atoms with Gasteiger partial charge in [0.15, 0.2) is 5.96 Å². The fraction of sp³-hybridized carbons (Fsp3) is 0.381. The van der Waals surface area contributed by atoms with E-state index in [1.807, 2.05) is 25.1 Å². The molecular weight excluding hydrogens is 538 g/mol. The molecule has 1 heterocycles. The molecule has 0 aliphatic heterocycles. The second kappa shape index (κ2) is 13.8. The van der Waals surface area contributed by atoms with E-state index in [9.17, 15) is 18.0 Å². The first-order valence-corrected chi connectivity index (χ1v) is 9.83. The van der Waals surface area contributed by atoms with Crippen LogP contribution in [0.2, 0.25) is 0 Å². The lowest BCUT2D eigenvalue weighted by atomic mass is 10.1. The van der Waals surface area contributed by atoms with Gasteiger partial charge in [-0.15, -0.1) is 24.0 Å². The van der Waals surface area contributed by atoms with E-state index < -0.39 is 17.6 Å². The number of hydrogen-bond acceptors (Lipinski definition) is 4. The number of carbonyl (C=O) groups is 1. The van der Waals surface area contributed by atoms with E-state index in [1.165, 1.54) is 12.3 Å². The van der Waals surface area contributed by atoms with Crippen molar-refractivity contribution < 1.29 is 22.7 Å². The Morgan fingerprint density at radius 3 is 2.66 bits per heavy atom. The Balaban J connectivity index is 0.00000512. The fourth-order valence-corrected chi connectivity index (χ4v) is 2.69. The molecule has 2 aromatic rings. The van der Waals surface area contributed by atoms with Crippen molar-refractivity contribution in [2.75, 3.05) is 33.3 Å². The zero-order chi connectivity index (χ0) is 22.7. The van der Waals surface area contributed by atoms with Gasteiger partial charge in [0, 0.05) is 31.9 Å². The molecule has 32 heavy (non-hydrogen) atoms. The van der Waals surface area contributed by atoms with Gasteiger partial charge < -0.3 is 20.7 Å². The number of guanidine groups is 1. The number of pyridine rings is 1. The van der Waals surface area contributed by atoms with E-state index in [-0.39, 0.29) is 43.0 Å². The van der Waals surface area contributed by atoms with Gasteiger partial charge in [0.25, 0.3) is 5.91 Å². The van der Waals surface area contributed by atoms with Crippen LogP contribution in [0.1, 0.15) is 28.4 Å². The molecule has 0 unspecified atom stereocenters. The molecule has 1 amide bonds. The molecule has 0 bridgehead atoms. The minimum Gasteiger partial charge on any atom is -0.475 e. The van der Waals surface area contributed by atoms with Crippen LogP contribution in [0.5, 0.6) is 5.88 Å². The summed E-state index contributed by atoms with van der Waals surface area (Å²) in [5, 5.41) is 8.67. The average Bonchev–Trinajstić information content (AvgIpc) is 2.76. The van der Waals surface area contributed by atoms with Crippen molar-refractivity contribution in [1.29, 1.82) is 0 Å². The van der Waals surface area contributed by atoms with E-state index in [1.54, 1.807) is 13.1 Å². The van der Waals surface area contributed by atoms with E-state index in [4.69, 9.17) is 4.74 Å². The van der Waals surface area contributed by atoms with Crippen molar-refractivity contribution in [3.05, 3.63) is 59.3 Å². The third kappa shape index (κ3) is 8.89. The Kier molecular flexibility index (Phi) is 11.8. The second-order valence-electron chi connectivity index (χ2n) is 6.42. The summed E-state index contributed by atoms with van der Waals surface area (Å²) in [7, 11) is 1.58. The van der Waals surface area contributed by atoms with Crippen LogP contribution in [0, 0.1) is 0 Å². The van der Waals surface area contributed by atoms with E-state index in [0.717, 1.165) is 11.6 Å². The van der Waals surface area contributed by atoms with Gasteiger partial charge in [0.2, 0.25) is 5.88 Å². The summed E-state index contributed by atoms with van der Waals surface area (Å²) < 4.78 is 44.1. The fourth-order valence-electron chi connectivity index (χ4n) is 2.69. The Hall–Kier alpha value is -2.57. The molecule has 1 aromatic carbocycles. The number of nitrogens with one attached hydrogen (secondary N) is 3. The van der Waals surface area contributed by atoms with Crippen LogP contribution in [0.25, 0.3) is 0 Å². The molecule has 7 nitrogen and oxygen atoms in total. The molecule has 0 aliphatic rings. The van der Waals surface area contributed by atoms with Gasteiger partial charge in [-0.1, -0.05) is 12.1 Å². The van der Waals surface area contributed by atoms with Gasteiger partial charge in [-0.3, -0.25) is 9.79 Å². The van der Waals surface area contributed by atoms with Crippen LogP contribution < -0.4 is 20.7 Å². The van der Waals surface area contributed by atoms with Crippen molar-refractivity contribution in [2.45, 2.75) is 19.5 Å². The third-order valence-corrected chi connectivity index (χ3v) is 4.14. The molecule has 3 N–H and O–H groups in total. The van der Waals surface area contributed by atoms with Crippen molar-refractivity contribution in [2.24, 2.45) is 4.99 Å². The molecule has 2 rings (SSSR count). The molecule has 176 valence electrons. The van der Waals surface area contributed by atoms with Gasteiger partial charge >= 0.3 is 6.18 Å². The summed E-state index contributed by atoms with van der Waals surface area (Å²) in [5.41, 5.74) is 0.646. The monoisotopic (exact) mass is 565 g/mol. The first kappa shape index (κ1) is 27.5. The summed E-state index contributed by atoms with van der Waals surface area (Å²) in [6, 6.07) is 9.43. The molecule has 0 aliphatic carbocycles. The maximum absolute atomic E-state index is 13.0. The van der Waals surface area contributed by atoms with E-state index in [0.29, 0.717) is 31.0 Å². The van der Waals surface area contributed by atoms with Gasteiger partial charge in [0.05, 0.1) is 6.54 Å². The number of carbonyl (C=O) groups excluding carboxylic acids is 1.